The number of aromatic nitrogens is 2. The van der Waals surface area contributed by atoms with Gasteiger partial charge in [-0.3, -0.25) is 0 Å². The summed E-state index contributed by atoms with van der Waals surface area (Å²) in [5.41, 5.74) is 8.38. The van der Waals surface area contributed by atoms with Crippen LogP contribution in [-0.2, 0) is 5.41 Å². The highest BCUT2D eigenvalue weighted by Crippen LogP contribution is 2.47. The molecule has 0 radical (unpaired) electrons. The molecule has 1 aliphatic heterocycles. The third-order valence-corrected chi connectivity index (χ3v) is 10.9. The second-order valence-corrected chi connectivity index (χ2v) is 14.6. The Morgan fingerprint density at radius 3 is 2.16 bits per heavy atom. The molecule has 1 atom stereocenters. The number of nitrogens with zero attached hydrogens (tertiary/aromatic N) is 2. The van der Waals surface area contributed by atoms with Crippen molar-refractivity contribution in [1.82, 2.24) is 9.97 Å². The van der Waals surface area contributed by atoms with Gasteiger partial charge in [-0.2, -0.15) is 0 Å². The minimum atomic E-state index is -0.233. The summed E-state index contributed by atoms with van der Waals surface area (Å²) in [5, 5.41) is 2.51. The van der Waals surface area contributed by atoms with E-state index in [0.29, 0.717) is 0 Å². The maximum atomic E-state index is 6.85. The van der Waals surface area contributed by atoms with E-state index < -0.39 is 0 Å². The van der Waals surface area contributed by atoms with E-state index in [4.69, 9.17) is 14.7 Å². The largest absolute Gasteiger partial charge is 0.460 e. The van der Waals surface area contributed by atoms with Crippen LogP contribution in [0.2, 0.25) is 0 Å². The van der Waals surface area contributed by atoms with Crippen LogP contribution >= 0.6 is 11.3 Å². The van der Waals surface area contributed by atoms with E-state index in [2.05, 4.69) is 144 Å². The Morgan fingerprint density at radius 2 is 1.42 bits per heavy atom. The highest BCUT2D eigenvalue weighted by atomic mass is 32.1. The maximum absolute atomic E-state index is 6.85. The minimum absolute atomic E-state index is 0.0623. The second kappa shape index (κ2) is 13.9. The number of hydrogen-bond donors (Lipinski definition) is 0. The van der Waals surface area contributed by atoms with Crippen LogP contribution in [0.1, 0.15) is 64.4 Å². The summed E-state index contributed by atoms with van der Waals surface area (Å²) in [6, 6.07) is 34.3. The van der Waals surface area contributed by atoms with E-state index in [-0.39, 0.29) is 11.3 Å². The Bertz CT molecular complexity index is 2350. The van der Waals surface area contributed by atoms with Gasteiger partial charge in [0.25, 0.3) is 0 Å². The van der Waals surface area contributed by atoms with Crippen LogP contribution in [0.15, 0.2) is 151 Å². The van der Waals surface area contributed by atoms with Crippen LogP contribution in [0.4, 0.5) is 0 Å². The summed E-state index contributed by atoms with van der Waals surface area (Å²) < 4.78 is 9.31. The van der Waals surface area contributed by atoms with Crippen molar-refractivity contribution >= 4 is 37.1 Å². The summed E-state index contributed by atoms with van der Waals surface area (Å²) >= 11 is 1.81. The van der Waals surface area contributed by atoms with Crippen molar-refractivity contribution in [1.29, 1.82) is 0 Å². The van der Waals surface area contributed by atoms with Crippen molar-refractivity contribution < 1.29 is 4.74 Å². The van der Waals surface area contributed by atoms with Gasteiger partial charge in [-0.15, -0.1) is 11.3 Å². The van der Waals surface area contributed by atoms with Gasteiger partial charge in [-0.1, -0.05) is 148 Å². The summed E-state index contributed by atoms with van der Waals surface area (Å²) in [6.07, 6.45) is 14.9. The molecule has 6 aromatic rings. The molecule has 0 fully saturated rings. The van der Waals surface area contributed by atoms with E-state index in [0.717, 1.165) is 51.0 Å². The molecule has 0 N–H and O–H groups in total. The number of benzene rings is 4. The molecule has 248 valence electrons. The van der Waals surface area contributed by atoms with Crippen LogP contribution in [0.3, 0.4) is 0 Å². The lowest BCUT2D eigenvalue weighted by atomic mass is 9.77. The molecule has 0 bridgehead atoms. The third-order valence-electron chi connectivity index (χ3n) is 9.73. The summed E-state index contributed by atoms with van der Waals surface area (Å²) in [7, 11) is 0. The highest BCUT2D eigenvalue weighted by molar-refractivity contribution is 7.26. The van der Waals surface area contributed by atoms with Gasteiger partial charge in [-0.05, 0) is 50.1 Å². The van der Waals surface area contributed by atoms with Gasteiger partial charge < -0.3 is 4.74 Å². The third kappa shape index (κ3) is 6.51. The number of allylic oxidation sites excluding steroid dienone is 10. The Balaban J connectivity index is 1.28. The molecule has 3 nitrogen and oxygen atoms in total. The van der Waals surface area contributed by atoms with Crippen LogP contribution in [-0.4, -0.2) is 9.97 Å². The summed E-state index contributed by atoms with van der Waals surface area (Å²) in [5.74, 6) is 2.67. The van der Waals surface area contributed by atoms with Crippen LogP contribution < -0.4 is 4.74 Å². The van der Waals surface area contributed by atoms with Crippen molar-refractivity contribution in [2.45, 2.75) is 52.9 Å². The maximum Gasteiger partial charge on any atom is 0.148 e. The van der Waals surface area contributed by atoms with Gasteiger partial charge in [0.05, 0.1) is 16.1 Å². The Hall–Kier alpha value is -5.32. The van der Waals surface area contributed by atoms with Crippen molar-refractivity contribution in [3.63, 3.8) is 0 Å². The lowest BCUT2D eigenvalue weighted by Gasteiger charge is -2.30. The van der Waals surface area contributed by atoms with Gasteiger partial charge >= 0.3 is 0 Å². The van der Waals surface area contributed by atoms with Crippen molar-refractivity contribution in [2.75, 3.05) is 0 Å². The molecular weight excluding hydrogens is 629 g/mol. The smallest absolute Gasteiger partial charge is 0.148 e. The molecule has 1 aliphatic rings. The lowest BCUT2D eigenvalue weighted by molar-refractivity contribution is 0.418. The molecule has 0 amide bonds. The van der Waals surface area contributed by atoms with E-state index in [1.165, 1.54) is 31.3 Å². The number of rotatable bonds is 6. The first-order chi connectivity index (χ1) is 24.2. The average Bonchev–Trinajstić information content (AvgIpc) is 3.52. The molecule has 0 saturated heterocycles. The molecule has 7 rings (SSSR count). The first-order valence-electron chi connectivity index (χ1n) is 17.3. The van der Waals surface area contributed by atoms with Gasteiger partial charge in [0.1, 0.15) is 17.3 Å². The first kappa shape index (κ1) is 33.2. The van der Waals surface area contributed by atoms with Crippen molar-refractivity contribution in [3.8, 4) is 28.3 Å². The minimum Gasteiger partial charge on any atom is -0.460 e. The molecule has 0 saturated carbocycles. The monoisotopic (exact) mass is 670 g/mol. The fraction of sp³-hybridized carbons (Fsp3) is 0.174. The van der Waals surface area contributed by atoms with E-state index in [1.807, 2.05) is 48.6 Å². The topological polar surface area (TPSA) is 35.0 Å². The molecule has 2 aromatic heterocycles. The zero-order valence-corrected chi connectivity index (χ0v) is 30.4. The predicted molar refractivity (Wildman–Crippen MR) is 214 cm³/mol. The number of ether oxygens (including phenoxy) is 1. The second-order valence-electron chi connectivity index (χ2n) is 13.5. The van der Waals surface area contributed by atoms with Gasteiger partial charge in [0, 0.05) is 43.5 Å². The quantitative estimate of drug-likeness (QED) is 0.165. The van der Waals surface area contributed by atoms with Crippen LogP contribution in [0.25, 0.3) is 48.3 Å². The zero-order chi connectivity index (χ0) is 34.8. The predicted octanol–water partition coefficient (Wildman–Crippen LogP) is 13.0. The summed E-state index contributed by atoms with van der Waals surface area (Å²) in [6.45, 7) is 13.0. The van der Waals surface area contributed by atoms with Crippen LogP contribution in [0, 0.1) is 0 Å². The van der Waals surface area contributed by atoms with Crippen molar-refractivity contribution in [2.24, 2.45) is 0 Å². The highest BCUT2D eigenvalue weighted by Gasteiger charge is 2.29. The van der Waals surface area contributed by atoms with Gasteiger partial charge in [0.2, 0.25) is 0 Å². The van der Waals surface area contributed by atoms with Gasteiger partial charge in [0.15, 0.2) is 0 Å². The molecule has 0 aliphatic carbocycles. The Labute approximate surface area is 299 Å². The van der Waals surface area contributed by atoms with E-state index in [1.54, 1.807) is 0 Å². The standard InChI is InChI=1S/C46H42N2OS/c1-7-8-10-15-30(2)45-47-40(34-16-11-9-12-17-34)29-41(48-45)35-24-22-33(23-25-35)36-21-20-31(3)46(5,6)39-27-26-38-37-18-13-14-19-42(37)50-44(38)43(39)49-32(4)28-36/h7-30H,1-6H3/b8-7-,15-10-,31-20+,32-28?,36-21?. The van der Waals surface area contributed by atoms with E-state index in [9.17, 15) is 0 Å². The van der Waals surface area contributed by atoms with Gasteiger partial charge in [-0.25, -0.2) is 9.97 Å². The number of fused-ring (bicyclic) bond motifs is 5. The SMILES string of the molecule is C/C=C\C=C/C(C)c1nc(-c2ccccc2)cc(-c2ccc(C3=C/C=C(\C)C(C)(C)c4ccc5c(sc6ccccc65)c4OC(C)=C3)cc2)n1. The molecule has 0 spiro atoms. The molecule has 50 heavy (non-hydrogen) atoms. The molecule has 4 aromatic carbocycles. The Kier molecular flexibility index (Phi) is 9.22. The Morgan fingerprint density at radius 1 is 0.740 bits per heavy atom. The van der Waals surface area contributed by atoms with E-state index >= 15 is 0 Å². The summed E-state index contributed by atoms with van der Waals surface area (Å²) in [4.78, 5) is 10.0. The van der Waals surface area contributed by atoms with Crippen molar-refractivity contribution in [3.05, 3.63) is 168 Å². The molecule has 1 unspecified atom stereocenters. The number of thiophene rings is 1. The first-order valence-corrected chi connectivity index (χ1v) is 18.1. The molecule has 4 heteroatoms. The fourth-order valence-corrected chi connectivity index (χ4v) is 7.65. The molecule has 3 heterocycles. The lowest BCUT2D eigenvalue weighted by Crippen LogP contribution is -2.20. The zero-order valence-electron chi connectivity index (χ0n) is 29.6. The van der Waals surface area contributed by atoms with Crippen LogP contribution in [0.5, 0.6) is 5.75 Å². The molecular formula is C46H42N2OS. The average molecular weight is 671 g/mol. The fourth-order valence-electron chi connectivity index (χ4n) is 6.47. The normalized spacial score (nSPS) is 16.5. The number of hydrogen-bond acceptors (Lipinski definition) is 4.